The van der Waals surface area contributed by atoms with Gasteiger partial charge in [0.05, 0.1) is 7.05 Å². The summed E-state index contributed by atoms with van der Waals surface area (Å²) in [5, 5.41) is 0.696. The second kappa shape index (κ2) is 5.91. The minimum atomic E-state index is -0.318. The number of furan rings is 1. The van der Waals surface area contributed by atoms with Crippen molar-refractivity contribution >= 4 is 17.5 Å². The topological polar surface area (TPSA) is 60.7 Å². The van der Waals surface area contributed by atoms with Crippen molar-refractivity contribution in [3.8, 4) is 11.3 Å². The standard InChI is InChI=1S/C14H15ClN2O2/c1-17(9-14(16)18)8-12-6-7-13(19-12)10-2-4-11(15)5-3-10/h2-7H,8-9H2,1H3,(H2,16,18)/p+1. The zero-order valence-electron chi connectivity index (χ0n) is 10.7. The second-order valence-corrected chi connectivity index (χ2v) is 4.99. The predicted octanol–water partition coefficient (Wildman–Crippen LogP) is 1.10. The maximum Gasteiger partial charge on any atom is 0.272 e. The number of carbonyl (C=O) groups excluding carboxylic acids is 1. The lowest BCUT2D eigenvalue weighted by Gasteiger charge is -2.09. The van der Waals surface area contributed by atoms with E-state index in [0.29, 0.717) is 11.6 Å². The van der Waals surface area contributed by atoms with Crippen molar-refractivity contribution < 1.29 is 14.1 Å². The Morgan fingerprint density at radius 2 is 1.95 bits per heavy atom. The van der Waals surface area contributed by atoms with Gasteiger partial charge >= 0.3 is 0 Å². The molecule has 0 saturated carbocycles. The van der Waals surface area contributed by atoms with Crippen molar-refractivity contribution in [2.75, 3.05) is 13.6 Å². The van der Waals surface area contributed by atoms with Crippen molar-refractivity contribution in [1.82, 2.24) is 0 Å². The number of quaternary nitrogens is 1. The van der Waals surface area contributed by atoms with Gasteiger partial charge in [-0.15, -0.1) is 0 Å². The van der Waals surface area contributed by atoms with Crippen LogP contribution in [-0.2, 0) is 11.3 Å². The summed E-state index contributed by atoms with van der Waals surface area (Å²) in [7, 11) is 1.90. The predicted molar refractivity (Wildman–Crippen MR) is 73.8 cm³/mol. The number of nitrogens with one attached hydrogen (secondary N) is 1. The summed E-state index contributed by atoms with van der Waals surface area (Å²) in [5.41, 5.74) is 6.13. The van der Waals surface area contributed by atoms with Crippen molar-refractivity contribution in [2.24, 2.45) is 5.73 Å². The summed E-state index contributed by atoms with van der Waals surface area (Å²) in [6.07, 6.45) is 0. The third-order valence-electron chi connectivity index (χ3n) is 2.74. The highest BCUT2D eigenvalue weighted by atomic mass is 35.5. The lowest BCUT2D eigenvalue weighted by atomic mass is 10.2. The molecule has 0 fully saturated rings. The number of hydrogen-bond acceptors (Lipinski definition) is 2. The molecule has 1 amide bonds. The Kier molecular flexibility index (Phi) is 4.24. The molecule has 1 atom stereocenters. The fraction of sp³-hybridized carbons (Fsp3) is 0.214. The molecule has 100 valence electrons. The number of likely N-dealkylation sites (N-methyl/N-ethyl adjacent to an activating group) is 1. The van der Waals surface area contributed by atoms with E-state index in [1.807, 2.05) is 43.4 Å². The van der Waals surface area contributed by atoms with E-state index in [9.17, 15) is 4.79 Å². The largest absolute Gasteiger partial charge is 0.455 e. The average molecular weight is 280 g/mol. The van der Waals surface area contributed by atoms with Gasteiger partial charge in [0.25, 0.3) is 5.91 Å². The Bertz CT molecular complexity index is 563. The fourth-order valence-corrected chi connectivity index (χ4v) is 2.03. The van der Waals surface area contributed by atoms with E-state index in [1.54, 1.807) is 0 Å². The molecule has 1 aromatic carbocycles. The lowest BCUT2D eigenvalue weighted by Crippen LogP contribution is -3.08. The van der Waals surface area contributed by atoms with Crippen LogP contribution in [0.1, 0.15) is 5.76 Å². The fourth-order valence-electron chi connectivity index (χ4n) is 1.90. The molecule has 1 aromatic heterocycles. The molecule has 2 rings (SSSR count). The molecule has 1 heterocycles. The van der Waals surface area contributed by atoms with E-state index in [2.05, 4.69) is 0 Å². The number of rotatable bonds is 5. The smallest absolute Gasteiger partial charge is 0.272 e. The first-order valence-corrected chi connectivity index (χ1v) is 6.36. The lowest BCUT2D eigenvalue weighted by molar-refractivity contribution is -0.886. The minimum absolute atomic E-state index is 0.289. The quantitative estimate of drug-likeness (QED) is 0.861. The van der Waals surface area contributed by atoms with Gasteiger partial charge in [0, 0.05) is 10.6 Å². The normalized spacial score (nSPS) is 12.3. The molecule has 1 unspecified atom stereocenters. The molecular weight excluding hydrogens is 264 g/mol. The van der Waals surface area contributed by atoms with Crippen LogP contribution in [0, 0.1) is 0 Å². The van der Waals surface area contributed by atoms with Gasteiger partial charge in [-0.2, -0.15) is 0 Å². The number of nitrogens with two attached hydrogens (primary N) is 1. The zero-order chi connectivity index (χ0) is 13.8. The number of carbonyl (C=O) groups is 1. The highest BCUT2D eigenvalue weighted by Crippen LogP contribution is 2.23. The van der Waals surface area contributed by atoms with Crippen LogP contribution in [0.15, 0.2) is 40.8 Å². The number of benzene rings is 1. The van der Waals surface area contributed by atoms with Crippen LogP contribution >= 0.6 is 11.6 Å². The third-order valence-corrected chi connectivity index (χ3v) is 2.99. The Labute approximate surface area is 116 Å². The molecule has 0 aliphatic carbocycles. The zero-order valence-corrected chi connectivity index (χ0v) is 11.4. The molecule has 0 radical (unpaired) electrons. The van der Waals surface area contributed by atoms with Gasteiger partial charge in [0.15, 0.2) is 12.3 Å². The monoisotopic (exact) mass is 279 g/mol. The summed E-state index contributed by atoms with van der Waals surface area (Å²) in [4.78, 5) is 11.8. The van der Waals surface area contributed by atoms with E-state index in [4.69, 9.17) is 21.8 Å². The van der Waals surface area contributed by atoms with Crippen LogP contribution < -0.4 is 10.6 Å². The van der Waals surface area contributed by atoms with Gasteiger partial charge in [-0.05, 0) is 36.4 Å². The summed E-state index contributed by atoms with van der Waals surface area (Å²) in [6.45, 7) is 0.910. The van der Waals surface area contributed by atoms with E-state index in [1.165, 1.54) is 0 Å². The maximum absolute atomic E-state index is 10.8. The Morgan fingerprint density at radius 3 is 2.58 bits per heavy atom. The van der Waals surface area contributed by atoms with E-state index in [-0.39, 0.29) is 12.5 Å². The summed E-state index contributed by atoms with van der Waals surface area (Å²) < 4.78 is 5.75. The molecule has 19 heavy (non-hydrogen) atoms. The molecule has 0 spiro atoms. The number of primary amides is 1. The van der Waals surface area contributed by atoms with Crippen molar-refractivity contribution in [3.63, 3.8) is 0 Å². The van der Waals surface area contributed by atoms with Gasteiger partial charge in [0.1, 0.15) is 12.3 Å². The Hall–Kier alpha value is -1.78. The summed E-state index contributed by atoms with van der Waals surface area (Å²) >= 11 is 5.84. The molecule has 0 bridgehead atoms. The van der Waals surface area contributed by atoms with E-state index < -0.39 is 0 Å². The average Bonchev–Trinajstić information content (AvgIpc) is 2.77. The van der Waals surface area contributed by atoms with Crippen LogP contribution in [0.4, 0.5) is 0 Å². The highest BCUT2D eigenvalue weighted by molar-refractivity contribution is 6.30. The highest BCUT2D eigenvalue weighted by Gasteiger charge is 2.11. The first kappa shape index (κ1) is 13.6. The molecule has 3 N–H and O–H groups in total. The van der Waals surface area contributed by atoms with E-state index >= 15 is 0 Å². The van der Waals surface area contributed by atoms with Crippen LogP contribution in [0.5, 0.6) is 0 Å². The number of halogens is 1. The van der Waals surface area contributed by atoms with Crippen molar-refractivity contribution in [2.45, 2.75) is 6.54 Å². The van der Waals surface area contributed by atoms with Crippen LogP contribution in [-0.4, -0.2) is 19.5 Å². The van der Waals surface area contributed by atoms with Gasteiger partial charge < -0.3 is 15.1 Å². The Morgan fingerprint density at radius 1 is 1.26 bits per heavy atom. The van der Waals surface area contributed by atoms with Gasteiger partial charge in [0.2, 0.25) is 0 Å². The minimum Gasteiger partial charge on any atom is -0.455 e. The number of hydrogen-bond donors (Lipinski definition) is 2. The van der Waals surface area contributed by atoms with Gasteiger partial charge in [-0.1, -0.05) is 11.6 Å². The molecule has 2 aromatic rings. The van der Waals surface area contributed by atoms with Crippen LogP contribution in [0.3, 0.4) is 0 Å². The molecule has 0 aliphatic heterocycles. The first-order valence-electron chi connectivity index (χ1n) is 5.99. The van der Waals surface area contributed by atoms with Crippen molar-refractivity contribution in [3.05, 3.63) is 47.2 Å². The third kappa shape index (κ3) is 3.84. The summed E-state index contributed by atoms with van der Waals surface area (Å²) in [5.74, 6) is 1.30. The second-order valence-electron chi connectivity index (χ2n) is 4.55. The molecular formula is C14H16ClN2O2+. The summed E-state index contributed by atoms with van der Waals surface area (Å²) in [6, 6.07) is 11.3. The molecule has 0 saturated heterocycles. The first-order chi connectivity index (χ1) is 9.04. The molecule has 4 nitrogen and oxygen atoms in total. The molecule has 5 heteroatoms. The SMILES string of the molecule is C[NH+](CC(N)=O)Cc1ccc(-c2ccc(Cl)cc2)o1. The van der Waals surface area contributed by atoms with E-state index in [0.717, 1.165) is 22.0 Å². The van der Waals surface area contributed by atoms with Crippen LogP contribution in [0.2, 0.25) is 5.02 Å². The molecule has 0 aliphatic rings. The number of amides is 1. The van der Waals surface area contributed by atoms with Crippen molar-refractivity contribution in [1.29, 1.82) is 0 Å². The van der Waals surface area contributed by atoms with Gasteiger partial charge in [-0.25, -0.2) is 0 Å². The Balaban J connectivity index is 2.06. The van der Waals surface area contributed by atoms with Gasteiger partial charge in [-0.3, -0.25) is 4.79 Å². The van der Waals surface area contributed by atoms with Crippen LogP contribution in [0.25, 0.3) is 11.3 Å². The maximum atomic E-state index is 10.8.